The van der Waals surface area contributed by atoms with Gasteiger partial charge >= 0.3 is 0 Å². The van der Waals surface area contributed by atoms with E-state index in [9.17, 15) is 0 Å². The van der Waals surface area contributed by atoms with Crippen LogP contribution in [0.1, 0.15) is 25.0 Å². The lowest BCUT2D eigenvalue weighted by Crippen LogP contribution is -2.14. The average molecular weight is 575 g/mol. The second-order valence-electron chi connectivity index (χ2n) is 12.5. The molecule has 0 atom stereocenters. The van der Waals surface area contributed by atoms with E-state index in [1.807, 2.05) is 0 Å². The first-order valence-corrected chi connectivity index (χ1v) is 15.6. The van der Waals surface area contributed by atoms with Crippen LogP contribution >= 0.6 is 0 Å². The van der Waals surface area contributed by atoms with E-state index in [1.165, 1.54) is 44.2 Å². The summed E-state index contributed by atoms with van der Waals surface area (Å²) in [5.41, 5.74) is 11.8. The Morgan fingerprint density at radius 2 is 0.933 bits per heavy atom. The van der Waals surface area contributed by atoms with Crippen molar-refractivity contribution in [1.82, 2.24) is 9.97 Å². The third-order valence-electron chi connectivity index (χ3n) is 9.68. The number of hydrogen-bond acceptors (Lipinski definition) is 2. The minimum atomic E-state index is -0.0900. The molecule has 0 amide bonds. The van der Waals surface area contributed by atoms with Crippen LogP contribution in [0.5, 0.6) is 0 Å². The van der Waals surface area contributed by atoms with Crippen LogP contribution in [0.3, 0.4) is 0 Å². The van der Waals surface area contributed by atoms with Crippen LogP contribution in [-0.4, -0.2) is 9.97 Å². The molecule has 0 unspecified atom stereocenters. The molecule has 1 aromatic heterocycles. The molecule has 212 valence electrons. The predicted octanol–water partition coefficient (Wildman–Crippen LogP) is 11.2. The maximum absolute atomic E-state index is 5.53. The highest BCUT2D eigenvalue weighted by Crippen LogP contribution is 2.52. The summed E-state index contributed by atoms with van der Waals surface area (Å²) in [6.07, 6.45) is 0. The molecule has 2 heteroatoms. The fraction of sp³-hybridized carbons (Fsp3) is 0.0698. The van der Waals surface area contributed by atoms with Crippen LogP contribution in [-0.2, 0) is 5.41 Å². The molecule has 0 bridgehead atoms. The quantitative estimate of drug-likeness (QED) is 0.196. The van der Waals surface area contributed by atoms with E-state index >= 15 is 0 Å². The topological polar surface area (TPSA) is 25.8 Å². The highest BCUT2D eigenvalue weighted by molar-refractivity contribution is 6.21. The monoisotopic (exact) mass is 574 g/mol. The molecule has 2 nitrogen and oxygen atoms in total. The summed E-state index contributed by atoms with van der Waals surface area (Å²) in [5.74, 6) is 0.749. The lowest BCUT2D eigenvalue weighted by atomic mass is 9.82. The molecule has 1 aliphatic rings. The van der Waals surface area contributed by atoms with Gasteiger partial charge in [0.2, 0.25) is 0 Å². The number of rotatable bonds is 3. The first kappa shape index (κ1) is 25.9. The Labute approximate surface area is 262 Å². The minimum Gasteiger partial charge on any atom is -0.228 e. The normalized spacial score (nSPS) is 13.3. The Morgan fingerprint density at radius 1 is 0.400 bits per heavy atom. The number of para-hydroxylation sites is 1. The van der Waals surface area contributed by atoms with Crippen molar-refractivity contribution in [2.75, 3.05) is 0 Å². The van der Waals surface area contributed by atoms with Gasteiger partial charge in [0, 0.05) is 21.9 Å². The Kier molecular flexibility index (Phi) is 5.58. The molecule has 0 radical (unpaired) electrons. The molecule has 0 aliphatic heterocycles. The van der Waals surface area contributed by atoms with Crippen LogP contribution in [0.2, 0.25) is 0 Å². The fourth-order valence-electron chi connectivity index (χ4n) is 7.63. The van der Waals surface area contributed by atoms with Gasteiger partial charge in [-0.3, -0.25) is 0 Å². The molecule has 1 heterocycles. The van der Waals surface area contributed by atoms with E-state index < -0.39 is 0 Å². The summed E-state index contributed by atoms with van der Waals surface area (Å²) in [7, 11) is 0. The Bertz CT molecular complexity index is 2400. The van der Waals surface area contributed by atoms with Crippen LogP contribution in [0.4, 0.5) is 0 Å². The first-order valence-electron chi connectivity index (χ1n) is 15.6. The predicted molar refractivity (Wildman–Crippen MR) is 188 cm³/mol. The first-order chi connectivity index (χ1) is 22.1. The van der Waals surface area contributed by atoms with E-state index in [0.717, 1.165) is 44.3 Å². The van der Waals surface area contributed by atoms with E-state index in [4.69, 9.17) is 9.97 Å². The maximum atomic E-state index is 5.53. The van der Waals surface area contributed by atoms with Gasteiger partial charge in [-0.25, -0.2) is 9.97 Å². The number of aromatic nitrogens is 2. The molecule has 1 aliphatic carbocycles. The van der Waals surface area contributed by atoms with E-state index in [-0.39, 0.29) is 5.41 Å². The minimum absolute atomic E-state index is 0.0900. The SMILES string of the molecule is CC1(C)c2ccccc2-c2c(-c3nc(-c4c5ccccc5c(-c5ccccc5)c5ccccc45)nc4ccccc34)cccc21. The zero-order valence-corrected chi connectivity index (χ0v) is 25.3. The lowest BCUT2D eigenvalue weighted by molar-refractivity contribution is 0.660. The molecule has 9 rings (SSSR count). The standard InChI is InChI=1S/C43H30N2/c1-43(2)35-24-12-10-21-32(35)39-34(23-14-25-36(39)43)41-33-22-11-13-26-37(33)44-42(45-41)40-30-19-8-6-17-28(30)38(27-15-4-3-5-16-27)29-18-7-9-20-31(29)40/h3-26H,1-2H3. The van der Waals surface area contributed by atoms with Crippen molar-refractivity contribution >= 4 is 32.4 Å². The molecular formula is C43H30N2. The van der Waals surface area contributed by atoms with Crippen LogP contribution in [0.15, 0.2) is 146 Å². The highest BCUT2D eigenvalue weighted by atomic mass is 14.9. The van der Waals surface area contributed by atoms with Crippen LogP contribution in [0, 0.1) is 0 Å². The van der Waals surface area contributed by atoms with Crippen molar-refractivity contribution in [2.24, 2.45) is 0 Å². The van der Waals surface area contributed by atoms with E-state index in [0.29, 0.717) is 0 Å². The number of hydrogen-bond donors (Lipinski definition) is 0. The Balaban J connectivity index is 1.40. The van der Waals surface area contributed by atoms with Crippen molar-refractivity contribution in [3.05, 3.63) is 157 Å². The van der Waals surface area contributed by atoms with Gasteiger partial charge in [0.05, 0.1) is 11.2 Å². The summed E-state index contributed by atoms with van der Waals surface area (Å²) in [6.45, 7) is 4.66. The van der Waals surface area contributed by atoms with Gasteiger partial charge in [-0.1, -0.05) is 153 Å². The largest absolute Gasteiger partial charge is 0.228 e. The van der Waals surface area contributed by atoms with Crippen molar-refractivity contribution < 1.29 is 0 Å². The molecule has 0 saturated heterocycles. The third-order valence-corrected chi connectivity index (χ3v) is 9.68. The summed E-state index contributed by atoms with van der Waals surface area (Å²) in [5, 5.41) is 5.77. The summed E-state index contributed by atoms with van der Waals surface area (Å²) in [6, 6.07) is 52.1. The van der Waals surface area contributed by atoms with Gasteiger partial charge < -0.3 is 0 Å². The van der Waals surface area contributed by atoms with E-state index in [2.05, 4.69) is 159 Å². The zero-order chi connectivity index (χ0) is 30.1. The van der Waals surface area contributed by atoms with Crippen LogP contribution in [0.25, 0.3) is 77.3 Å². The van der Waals surface area contributed by atoms with Gasteiger partial charge in [0.25, 0.3) is 0 Å². The molecule has 0 N–H and O–H groups in total. The zero-order valence-electron chi connectivity index (χ0n) is 25.3. The van der Waals surface area contributed by atoms with Crippen molar-refractivity contribution in [1.29, 1.82) is 0 Å². The highest BCUT2D eigenvalue weighted by Gasteiger charge is 2.37. The molecule has 45 heavy (non-hydrogen) atoms. The molecule has 7 aromatic carbocycles. The average Bonchev–Trinajstić information content (AvgIpc) is 3.33. The smallest absolute Gasteiger partial charge is 0.161 e. The number of nitrogens with zero attached hydrogens (tertiary/aromatic N) is 2. The van der Waals surface area contributed by atoms with Gasteiger partial charge in [0.1, 0.15) is 0 Å². The van der Waals surface area contributed by atoms with Crippen LogP contribution < -0.4 is 0 Å². The van der Waals surface area contributed by atoms with Crippen molar-refractivity contribution in [3.8, 4) is 44.9 Å². The molecule has 0 saturated carbocycles. The fourth-order valence-corrected chi connectivity index (χ4v) is 7.63. The van der Waals surface area contributed by atoms with Gasteiger partial charge in [-0.2, -0.15) is 0 Å². The summed E-state index contributed by atoms with van der Waals surface area (Å²) >= 11 is 0. The molecular weight excluding hydrogens is 544 g/mol. The number of benzene rings is 7. The maximum Gasteiger partial charge on any atom is 0.161 e. The summed E-state index contributed by atoms with van der Waals surface area (Å²) < 4.78 is 0. The second kappa shape index (κ2) is 9.70. The van der Waals surface area contributed by atoms with Crippen molar-refractivity contribution in [3.63, 3.8) is 0 Å². The van der Waals surface area contributed by atoms with E-state index in [1.54, 1.807) is 0 Å². The molecule has 8 aromatic rings. The Hall–Kier alpha value is -5.60. The third kappa shape index (κ3) is 3.76. The summed E-state index contributed by atoms with van der Waals surface area (Å²) in [4.78, 5) is 10.8. The van der Waals surface area contributed by atoms with Gasteiger partial charge in [-0.05, 0) is 61.0 Å². The Morgan fingerprint density at radius 3 is 1.64 bits per heavy atom. The lowest BCUT2D eigenvalue weighted by Gasteiger charge is -2.21. The van der Waals surface area contributed by atoms with Gasteiger partial charge in [-0.15, -0.1) is 0 Å². The van der Waals surface area contributed by atoms with Crippen molar-refractivity contribution in [2.45, 2.75) is 19.3 Å². The number of fused-ring (bicyclic) bond motifs is 6. The second-order valence-corrected chi connectivity index (χ2v) is 12.5. The molecule has 0 spiro atoms. The van der Waals surface area contributed by atoms with Gasteiger partial charge in [0.15, 0.2) is 5.82 Å². The molecule has 0 fully saturated rings.